The van der Waals surface area contributed by atoms with Gasteiger partial charge < -0.3 is 4.90 Å². The van der Waals surface area contributed by atoms with Gasteiger partial charge in [0.2, 0.25) is 5.91 Å². The molecule has 16 heavy (non-hydrogen) atoms. The van der Waals surface area contributed by atoms with Gasteiger partial charge >= 0.3 is 0 Å². The summed E-state index contributed by atoms with van der Waals surface area (Å²) in [4.78, 5) is 17.4. The maximum atomic E-state index is 11.7. The average molecular weight is 259 g/mol. The Bertz CT molecular complexity index is 397. The molecule has 2 heterocycles. The summed E-state index contributed by atoms with van der Waals surface area (Å²) in [6, 6.07) is 3.71. The molecule has 1 aromatic heterocycles. The van der Waals surface area contributed by atoms with Gasteiger partial charge in [0.25, 0.3) is 0 Å². The van der Waals surface area contributed by atoms with E-state index >= 15 is 0 Å². The van der Waals surface area contributed by atoms with Crippen molar-refractivity contribution in [1.29, 1.82) is 0 Å². The number of hydrogen-bond acceptors (Lipinski definition) is 2. The van der Waals surface area contributed by atoms with Crippen molar-refractivity contribution in [2.24, 2.45) is 5.92 Å². The summed E-state index contributed by atoms with van der Waals surface area (Å²) in [5, 5.41) is 0.463. The standard InChI is InChI=1S/C11H12Cl2N2O/c12-5-8-4-10(16)15(6-8)7-9-2-1-3-14-11(9)13/h1-3,8H,4-7H2. The van der Waals surface area contributed by atoms with E-state index in [1.807, 2.05) is 12.1 Å². The van der Waals surface area contributed by atoms with Crippen LogP contribution in [0, 0.1) is 5.92 Å². The van der Waals surface area contributed by atoms with Crippen molar-refractivity contribution in [1.82, 2.24) is 9.88 Å². The van der Waals surface area contributed by atoms with Gasteiger partial charge in [-0.05, 0) is 12.0 Å². The highest BCUT2D eigenvalue weighted by Crippen LogP contribution is 2.22. The van der Waals surface area contributed by atoms with Crippen molar-refractivity contribution in [3.63, 3.8) is 0 Å². The fourth-order valence-corrected chi connectivity index (χ4v) is 2.24. The number of halogens is 2. The Hall–Kier alpha value is -0.800. The summed E-state index contributed by atoms with van der Waals surface area (Å²) in [5.41, 5.74) is 0.882. The van der Waals surface area contributed by atoms with Crippen molar-refractivity contribution < 1.29 is 4.79 Å². The van der Waals surface area contributed by atoms with E-state index in [1.54, 1.807) is 11.1 Å². The van der Waals surface area contributed by atoms with Crippen LogP contribution in [-0.4, -0.2) is 28.2 Å². The predicted octanol–water partition coefficient (Wildman–Crippen LogP) is 2.32. The molecule has 5 heteroatoms. The molecule has 86 valence electrons. The molecule has 1 aromatic rings. The summed E-state index contributed by atoms with van der Waals surface area (Å²) in [6.07, 6.45) is 2.18. The Kier molecular flexibility index (Phi) is 3.66. The molecule has 1 saturated heterocycles. The average Bonchev–Trinajstić information content (AvgIpc) is 2.63. The summed E-state index contributed by atoms with van der Waals surface area (Å²) in [7, 11) is 0. The molecule has 0 saturated carbocycles. The van der Waals surface area contributed by atoms with Crippen molar-refractivity contribution in [2.45, 2.75) is 13.0 Å². The van der Waals surface area contributed by atoms with E-state index in [2.05, 4.69) is 4.98 Å². The van der Waals surface area contributed by atoms with Gasteiger partial charge in [-0.1, -0.05) is 17.7 Å². The molecule has 3 nitrogen and oxygen atoms in total. The number of hydrogen-bond donors (Lipinski definition) is 0. The minimum atomic E-state index is 0.144. The highest BCUT2D eigenvalue weighted by Gasteiger charge is 2.29. The zero-order valence-electron chi connectivity index (χ0n) is 8.70. The molecule has 1 aliphatic rings. The maximum absolute atomic E-state index is 11.7. The maximum Gasteiger partial charge on any atom is 0.223 e. The van der Waals surface area contributed by atoms with E-state index in [9.17, 15) is 4.79 Å². The minimum Gasteiger partial charge on any atom is -0.338 e. The molecule has 2 rings (SSSR count). The van der Waals surface area contributed by atoms with Gasteiger partial charge in [-0.3, -0.25) is 4.79 Å². The van der Waals surface area contributed by atoms with E-state index in [4.69, 9.17) is 23.2 Å². The second kappa shape index (κ2) is 5.02. The Morgan fingerprint density at radius 3 is 3.00 bits per heavy atom. The van der Waals surface area contributed by atoms with Gasteiger partial charge in [0.05, 0.1) is 0 Å². The third-order valence-electron chi connectivity index (χ3n) is 2.71. The monoisotopic (exact) mass is 258 g/mol. The number of pyridine rings is 1. The lowest BCUT2D eigenvalue weighted by Gasteiger charge is -2.16. The molecule has 0 aromatic carbocycles. The Morgan fingerprint density at radius 2 is 2.38 bits per heavy atom. The van der Waals surface area contributed by atoms with Crippen LogP contribution in [0.3, 0.4) is 0 Å². The van der Waals surface area contributed by atoms with E-state index in [0.29, 0.717) is 30.5 Å². The smallest absolute Gasteiger partial charge is 0.223 e. The lowest BCUT2D eigenvalue weighted by atomic mass is 10.1. The highest BCUT2D eigenvalue weighted by atomic mass is 35.5. The van der Waals surface area contributed by atoms with Gasteiger partial charge in [0.1, 0.15) is 5.15 Å². The van der Waals surface area contributed by atoms with Crippen LogP contribution in [0.2, 0.25) is 5.15 Å². The van der Waals surface area contributed by atoms with Crippen LogP contribution in [0.25, 0.3) is 0 Å². The second-order valence-electron chi connectivity index (χ2n) is 3.95. The van der Waals surface area contributed by atoms with Crippen LogP contribution in [0.1, 0.15) is 12.0 Å². The summed E-state index contributed by atoms with van der Waals surface area (Å²) in [5.74, 6) is 0.943. The number of rotatable bonds is 3. The Balaban J connectivity index is 2.06. The first-order chi connectivity index (χ1) is 7.70. The first-order valence-electron chi connectivity index (χ1n) is 5.14. The summed E-state index contributed by atoms with van der Waals surface area (Å²) >= 11 is 11.7. The van der Waals surface area contributed by atoms with Crippen LogP contribution >= 0.6 is 23.2 Å². The SMILES string of the molecule is O=C1CC(CCl)CN1Cc1cccnc1Cl. The van der Waals surface area contributed by atoms with E-state index in [0.717, 1.165) is 5.56 Å². The topological polar surface area (TPSA) is 33.2 Å². The number of amides is 1. The third kappa shape index (κ3) is 2.47. The zero-order chi connectivity index (χ0) is 11.5. The summed E-state index contributed by atoms with van der Waals surface area (Å²) in [6.45, 7) is 1.24. The number of carbonyl (C=O) groups is 1. The second-order valence-corrected chi connectivity index (χ2v) is 4.62. The molecule has 1 amide bonds. The summed E-state index contributed by atoms with van der Waals surface area (Å²) < 4.78 is 0. The molecular weight excluding hydrogens is 247 g/mol. The molecule has 1 aliphatic heterocycles. The quantitative estimate of drug-likeness (QED) is 0.616. The van der Waals surface area contributed by atoms with Gasteiger partial charge in [0, 0.05) is 37.2 Å². The van der Waals surface area contributed by atoms with Crippen LogP contribution in [0.15, 0.2) is 18.3 Å². The molecule has 1 fully saturated rings. The normalized spacial score (nSPS) is 20.5. The van der Waals surface area contributed by atoms with Gasteiger partial charge in [-0.15, -0.1) is 11.6 Å². The fourth-order valence-electron chi connectivity index (χ4n) is 1.85. The third-order valence-corrected chi connectivity index (χ3v) is 3.49. The van der Waals surface area contributed by atoms with Crippen LogP contribution < -0.4 is 0 Å². The van der Waals surface area contributed by atoms with Crippen molar-refractivity contribution >= 4 is 29.1 Å². The van der Waals surface area contributed by atoms with Crippen molar-refractivity contribution in [3.05, 3.63) is 29.0 Å². The predicted molar refractivity (Wildman–Crippen MR) is 63.5 cm³/mol. The van der Waals surface area contributed by atoms with E-state index < -0.39 is 0 Å². The van der Waals surface area contributed by atoms with Gasteiger partial charge in [-0.25, -0.2) is 4.98 Å². The van der Waals surface area contributed by atoms with E-state index in [-0.39, 0.29) is 11.8 Å². The van der Waals surface area contributed by atoms with Gasteiger partial charge in [-0.2, -0.15) is 0 Å². The minimum absolute atomic E-state index is 0.144. The largest absolute Gasteiger partial charge is 0.338 e. The molecule has 0 spiro atoms. The highest BCUT2D eigenvalue weighted by molar-refractivity contribution is 6.30. The molecule has 1 atom stereocenters. The zero-order valence-corrected chi connectivity index (χ0v) is 10.2. The van der Waals surface area contributed by atoms with Crippen molar-refractivity contribution in [3.8, 4) is 0 Å². The molecule has 0 radical (unpaired) electrons. The van der Waals surface area contributed by atoms with E-state index in [1.165, 1.54) is 0 Å². The number of alkyl halides is 1. The number of carbonyl (C=O) groups excluding carboxylic acids is 1. The first kappa shape index (κ1) is 11.7. The number of nitrogens with zero attached hydrogens (tertiary/aromatic N) is 2. The molecule has 0 bridgehead atoms. The number of aromatic nitrogens is 1. The Morgan fingerprint density at radius 1 is 1.56 bits per heavy atom. The van der Waals surface area contributed by atoms with Crippen LogP contribution in [0.5, 0.6) is 0 Å². The lowest BCUT2D eigenvalue weighted by Crippen LogP contribution is -2.25. The first-order valence-corrected chi connectivity index (χ1v) is 6.05. The number of likely N-dealkylation sites (tertiary alicyclic amines) is 1. The van der Waals surface area contributed by atoms with Gasteiger partial charge in [0.15, 0.2) is 0 Å². The molecule has 1 unspecified atom stereocenters. The Labute approximate surface area is 104 Å². The molecular formula is C11H12Cl2N2O. The fraction of sp³-hybridized carbons (Fsp3) is 0.455. The molecule has 0 aliphatic carbocycles. The lowest BCUT2D eigenvalue weighted by molar-refractivity contribution is -0.128. The molecule has 0 N–H and O–H groups in total. The van der Waals surface area contributed by atoms with Crippen LogP contribution in [-0.2, 0) is 11.3 Å². The van der Waals surface area contributed by atoms with Crippen LogP contribution in [0.4, 0.5) is 0 Å². The van der Waals surface area contributed by atoms with Crippen molar-refractivity contribution in [2.75, 3.05) is 12.4 Å².